The average molecular weight is 189 g/mol. The average Bonchev–Trinajstić information content (AvgIpc) is 2.10. The number of thiophene rings is 1. The van der Waals surface area contributed by atoms with Crippen LogP contribution in [0.25, 0.3) is 0 Å². The Bertz CT molecular complexity index is 232. The second-order valence-electron chi connectivity index (χ2n) is 4.00. The van der Waals surface area contributed by atoms with Crippen molar-refractivity contribution in [2.45, 2.75) is 27.2 Å². The van der Waals surface area contributed by atoms with Crippen molar-refractivity contribution in [3.8, 4) is 0 Å². The summed E-state index contributed by atoms with van der Waals surface area (Å²) in [5.74, 6) is 0. The summed E-state index contributed by atoms with van der Waals surface area (Å²) in [6.07, 6.45) is 1.11. The molecule has 0 aromatic carbocycles. The number of rotatable bonds is 1. The van der Waals surface area contributed by atoms with Crippen molar-refractivity contribution in [3.63, 3.8) is 0 Å². The van der Waals surface area contributed by atoms with Crippen LogP contribution in [0.5, 0.6) is 0 Å². The summed E-state index contributed by atoms with van der Waals surface area (Å²) in [5, 5.41) is 2.13. The molecule has 0 aliphatic carbocycles. The van der Waals surface area contributed by atoms with Gasteiger partial charge in [-0.25, -0.2) is 0 Å². The molecule has 0 saturated carbocycles. The topological polar surface area (TPSA) is 0 Å². The quantitative estimate of drug-likeness (QED) is 0.625. The zero-order valence-electron chi connectivity index (χ0n) is 7.15. The second kappa shape index (κ2) is 3.16. The van der Waals surface area contributed by atoms with Gasteiger partial charge in [0.05, 0.1) is 4.34 Å². The smallest absolute Gasteiger partial charge is 0.0931 e. The summed E-state index contributed by atoms with van der Waals surface area (Å²) in [5.41, 5.74) is 1.72. The van der Waals surface area contributed by atoms with Gasteiger partial charge in [-0.1, -0.05) is 32.4 Å². The molecule has 0 saturated heterocycles. The molecular weight excluding hydrogens is 176 g/mol. The Balaban J connectivity index is 2.65. The minimum absolute atomic E-state index is 0.365. The number of halogens is 1. The molecule has 0 amide bonds. The van der Waals surface area contributed by atoms with Crippen LogP contribution in [0.2, 0.25) is 4.34 Å². The highest BCUT2D eigenvalue weighted by Crippen LogP contribution is 2.26. The van der Waals surface area contributed by atoms with Gasteiger partial charge in [0.15, 0.2) is 0 Å². The van der Waals surface area contributed by atoms with Gasteiger partial charge in [-0.15, -0.1) is 11.3 Å². The van der Waals surface area contributed by atoms with Crippen molar-refractivity contribution >= 4 is 22.9 Å². The van der Waals surface area contributed by atoms with E-state index >= 15 is 0 Å². The fourth-order valence-corrected chi connectivity index (χ4v) is 1.96. The molecule has 2 heteroatoms. The van der Waals surface area contributed by atoms with Crippen molar-refractivity contribution < 1.29 is 0 Å². The first-order valence-corrected chi connectivity index (χ1v) is 4.96. The highest BCUT2D eigenvalue weighted by atomic mass is 35.5. The molecule has 1 rings (SSSR count). The molecule has 1 heterocycles. The van der Waals surface area contributed by atoms with Crippen LogP contribution in [0.15, 0.2) is 11.4 Å². The summed E-state index contributed by atoms with van der Waals surface area (Å²) >= 11 is 7.42. The Labute approximate surface area is 77.2 Å². The van der Waals surface area contributed by atoms with Gasteiger partial charge >= 0.3 is 0 Å². The maximum atomic E-state index is 5.81. The summed E-state index contributed by atoms with van der Waals surface area (Å²) in [7, 11) is 0. The summed E-state index contributed by atoms with van der Waals surface area (Å²) < 4.78 is 0.893. The third-order valence-electron chi connectivity index (χ3n) is 1.36. The SMILES string of the molecule is CC(C)(C)Cc1csc(Cl)c1. The van der Waals surface area contributed by atoms with Crippen LogP contribution in [0, 0.1) is 5.41 Å². The van der Waals surface area contributed by atoms with E-state index < -0.39 is 0 Å². The lowest BCUT2D eigenvalue weighted by Crippen LogP contribution is -2.07. The van der Waals surface area contributed by atoms with Crippen molar-refractivity contribution in [2.75, 3.05) is 0 Å². The fraction of sp³-hybridized carbons (Fsp3) is 0.556. The van der Waals surface area contributed by atoms with Gasteiger partial charge in [-0.2, -0.15) is 0 Å². The van der Waals surface area contributed by atoms with Crippen molar-refractivity contribution in [1.29, 1.82) is 0 Å². The van der Waals surface area contributed by atoms with Crippen LogP contribution in [-0.2, 0) is 6.42 Å². The molecule has 0 fully saturated rings. The molecule has 62 valence electrons. The van der Waals surface area contributed by atoms with E-state index in [4.69, 9.17) is 11.6 Å². The first-order chi connectivity index (χ1) is 4.97. The molecule has 1 aromatic heterocycles. The van der Waals surface area contributed by atoms with E-state index in [1.165, 1.54) is 5.56 Å². The lowest BCUT2D eigenvalue weighted by Gasteiger charge is -2.16. The van der Waals surface area contributed by atoms with E-state index in [-0.39, 0.29) is 0 Å². The molecule has 0 aliphatic heterocycles. The fourth-order valence-electron chi connectivity index (χ4n) is 1.05. The van der Waals surface area contributed by atoms with Crippen LogP contribution in [0.1, 0.15) is 26.3 Å². The number of hydrogen-bond donors (Lipinski definition) is 0. The molecule has 0 radical (unpaired) electrons. The van der Waals surface area contributed by atoms with E-state index in [0.717, 1.165) is 10.8 Å². The third kappa shape index (κ3) is 3.26. The lowest BCUT2D eigenvalue weighted by atomic mass is 9.89. The Hall–Kier alpha value is -0.0100. The molecular formula is C9H13ClS. The van der Waals surface area contributed by atoms with E-state index in [1.807, 2.05) is 0 Å². The van der Waals surface area contributed by atoms with Crippen molar-refractivity contribution in [2.24, 2.45) is 5.41 Å². The molecule has 0 aliphatic rings. The molecule has 0 spiro atoms. The molecule has 0 bridgehead atoms. The van der Waals surface area contributed by atoms with Gasteiger partial charge in [-0.3, -0.25) is 0 Å². The van der Waals surface area contributed by atoms with Crippen LogP contribution >= 0.6 is 22.9 Å². The van der Waals surface area contributed by atoms with E-state index in [2.05, 4.69) is 32.2 Å². The first kappa shape index (κ1) is 9.08. The molecule has 0 atom stereocenters. The molecule has 0 nitrogen and oxygen atoms in total. The first-order valence-electron chi connectivity index (χ1n) is 3.70. The van der Waals surface area contributed by atoms with Crippen LogP contribution in [0.3, 0.4) is 0 Å². The Morgan fingerprint density at radius 3 is 2.45 bits per heavy atom. The highest BCUT2D eigenvalue weighted by molar-refractivity contribution is 7.14. The van der Waals surface area contributed by atoms with Gasteiger partial charge in [0.2, 0.25) is 0 Å². The largest absolute Gasteiger partial charge is 0.132 e. The van der Waals surface area contributed by atoms with Gasteiger partial charge in [-0.05, 0) is 28.8 Å². The zero-order chi connectivity index (χ0) is 8.48. The summed E-state index contributed by atoms with van der Waals surface area (Å²) in [4.78, 5) is 0. The van der Waals surface area contributed by atoms with Crippen LogP contribution < -0.4 is 0 Å². The zero-order valence-corrected chi connectivity index (χ0v) is 8.72. The normalized spacial score (nSPS) is 12.0. The van der Waals surface area contributed by atoms with Crippen molar-refractivity contribution in [1.82, 2.24) is 0 Å². The maximum absolute atomic E-state index is 5.81. The number of hydrogen-bond acceptors (Lipinski definition) is 1. The van der Waals surface area contributed by atoms with Crippen molar-refractivity contribution in [3.05, 3.63) is 21.3 Å². The highest BCUT2D eigenvalue weighted by Gasteiger charge is 2.11. The Morgan fingerprint density at radius 1 is 1.45 bits per heavy atom. The minimum atomic E-state index is 0.365. The van der Waals surface area contributed by atoms with Gasteiger partial charge in [0.25, 0.3) is 0 Å². The summed E-state index contributed by atoms with van der Waals surface area (Å²) in [6.45, 7) is 6.70. The standard InChI is InChI=1S/C9H13ClS/c1-9(2,3)5-7-4-8(10)11-6-7/h4,6H,5H2,1-3H3. The van der Waals surface area contributed by atoms with E-state index in [9.17, 15) is 0 Å². The Morgan fingerprint density at radius 2 is 2.09 bits per heavy atom. The third-order valence-corrected chi connectivity index (χ3v) is 2.50. The minimum Gasteiger partial charge on any atom is -0.132 e. The van der Waals surface area contributed by atoms with Gasteiger partial charge < -0.3 is 0 Å². The van der Waals surface area contributed by atoms with E-state index in [0.29, 0.717) is 5.41 Å². The predicted molar refractivity (Wildman–Crippen MR) is 52.5 cm³/mol. The monoisotopic (exact) mass is 188 g/mol. The molecule has 0 unspecified atom stereocenters. The van der Waals surface area contributed by atoms with Crippen LogP contribution in [-0.4, -0.2) is 0 Å². The maximum Gasteiger partial charge on any atom is 0.0931 e. The molecule has 1 aromatic rings. The Kier molecular flexibility index (Phi) is 2.61. The van der Waals surface area contributed by atoms with Gasteiger partial charge in [0.1, 0.15) is 0 Å². The lowest BCUT2D eigenvalue weighted by molar-refractivity contribution is 0.412. The van der Waals surface area contributed by atoms with Gasteiger partial charge in [0, 0.05) is 0 Å². The second-order valence-corrected chi connectivity index (χ2v) is 5.54. The summed E-state index contributed by atoms with van der Waals surface area (Å²) in [6, 6.07) is 2.05. The molecule has 0 N–H and O–H groups in total. The van der Waals surface area contributed by atoms with E-state index in [1.54, 1.807) is 11.3 Å². The van der Waals surface area contributed by atoms with Crippen LogP contribution in [0.4, 0.5) is 0 Å². The predicted octanol–water partition coefficient (Wildman–Crippen LogP) is 3.99. The molecule has 11 heavy (non-hydrogen) atoms.